The number of methoxy groups -OCH3 is 1. The highest BCUT2D eigenvalue weighted by Gasteiger charge is 2.21. The van der Waals surface area contributed by atoms with Crippen molar-refractivity contribution < 1.29 is 18.3 Å². The van der Waals surface area contributed by atoms with Crippen LogP contribution in [0.4, 0.5) is 8.78 Å². The molecule has 1 rings (SSSR count). The summed E-state index contributed by atoms with van der Waals surface area (Å²) in [4.78, 5) is 24.6. The van der Waals surface area contributed by atoms with Crippen LogP contribution in [0, 0.1) is 0 Å². The van der Waals surface area contributed by atoms with Crippen LogP contribution in [-0.4, -0.2) is 18.1 Å². The molecule has 0 saturated carbocycles. The monoisotopic (exact) mass is 251 g/mol. The predicted octanol–water partition coefficient (Wildman–Crippen LogP) is 1.68. The van der Waals surface area contributed by atoms with Gasteiger partial charge in [0.2, 0.25) is 5.43 Å². The highest BCUT2D eigenvalue weighted by molar-refractivity contribution is 6.30. The Kier molecular flexibility index (Phi) is 4.00. The third-order valence-electron chi connectivity index (χ3n) is 1.93. The number of nitrogens with one attached hydrogen (secondary N) is 1. The van der Waals surface area contributed by atoms with Crippen molar-refractivity contribution in [2.75, 3.05) is 7.11 Å². The van der Waals surface area contributed by atoms with Crippen molar-refractivity contribution in [2.45, 2.75) is 12.8 Å². The Bertz CT molecular complexity index is 459. The molecule has 7 heteroatoms. The average Bonchev–Trinajstić information content (AvgIpc) is 2.23. The molecule has 0 amide bonds. The topological polar surface area (TPSA) is 59.2 Å². The molecule has 4 nitrogen and oxygen atoms in total. The minimum atomic E-state index is -3.00. The normalized spacial score (nSPS) is 10.6. The quantitative estimate of drug-likeness (QED) is 0.832. The second-order valence-electron chi connectivity index (χ2n) is 2.91. The van der Waals surface area contributed by atoms with Crippen LogP contribution in [0.5, 0.6) is 0 Å². The number of hydrogen-bond donors (Lipinski definition) is 1. The lowest BCUT2D eigenvalue weighted by Gasteiger charge is -2.07. The number of alkyl halides is 2. The fourth-order valence-corrected chi connectivity index (χ4v) is 1.31. The number of hydrogen-bond acceptors (Lipinski definition) is 3. The first-order valence-electron chi connectivity index (χ1n) is 4.22. The lowest BCUT2D eigenvalue weighted by molar-refractivity contribution is -0.139. The summed E-state index contributed by atoms with van der Waals surface area (Å²) in [5.74, 6) is -0.722. The third kappa shape index (κ3) is 2.57. The minimum absolute atomic E-state index is 0.184. The number of carbonyl (C=O) groups excluding carboxylic acids is 1. The first kappa shape index (κ1) is 12.6. The predicted molar refractivity (Wildman–Crippen MR) is 52.7 cm³/mol. The number of halogens is 3. The van der Waals surface area contributed by atoms with Gasteiger partial charge in [-0.2, -0.15) is 0 Å². The molecule has 0 saturated heterocycles. The Hall–Kier alpha value is -1.43. The van der Waals surface area contributed by atoms with Crippen molar-refractivity contribution in [1.82, 2.24) is 4.98 Å². The fraction of sp³-hybridized carbons (Fsp3) is 0.333. The summed E-state index contributed by atoms with van der Waals surface area (Å²) in [6, 6.07) is 0. The van der Waals surface area contributed by atoms with E-state index in [1.165, 1.54) is 0 Å². The lowest BCUT2D eigenvalue weighted by atomic mass is 10.1. The average molecular weight is 252 g/mol. The van der Waals surface area contributed by atoms with E-state index in [1.807, 2.05) is 0 Å². The van der Waals surface area contributed by atoms with E-state index >= 15 is 0 Å². The van der Waals surface area contributed by atoms with Gasteiger partial charge in [-0.15, -0.1) is 0 Å². The maximum absolute atomic E-state index is 12.6. The van der Waals surface area contributed by atoms with E-state index in [0.717, 1.165) is 13.3 Å². The highest BCUT2D eigenvalue weighted by Crippen LogP contribution is 2.20. The fourth-order valence-electron chi connectivity index (χ4n) is 1.15. The molecule has 16 heavy (non-hydrogen) atoms. The number of rotatable bonds is 3. The Balaban J connectivity index is 3.24. The summed E-state index contributed by atoms with van der Waals surface area (Å²) in [5.41, 5.74) is -1.96. The third-order valence-corrected chi connectivity index (χ3v) is 2.21. The van der Waals surface area contributed by atoms with Crippen molar-refractivity contribution in [1.29, 1.82) is 0 Å². The Labute approximate surface area is 94.2 Å². The van der Waals surface area contributed by atoms with E-state index in [-0.39, 0.29) is 10.7 Å². The van der Waals surface area contributed by atoms with Gasteiger partial charge in [-0.25, -0.2) is 8.78 Å². The van der Waals surface area contributed by atoms with Crippen LogP contribution < -0.4 is 5.43 Å². The second-order valence-corrected chi connectivity index (χ2v) is 3.32. The van der Waals surface area contributed by atoms with Crippen LogP contribution in [0.25, 0.3) is 0 Å². The molecule has 0 fully saturated rings. The molecule has 0 unspecified atom stereocenters. The molecule has 0 spiro atoms. The van der Waals surface area contributed by atoms with Crippen molar-refractivity contribution in [3.63, 3.8) is 0 Å². The standard InChI is InChI=1S/C9H8ClF2NO3/c1-16-6(14)2-5-7(9(11)12)8(15)4(10)3-13-5/h3,9H,2H2,1H3,(H,13,15). The van der Waals surface area contributed by atoms with Crippen molar-refractivity contribution in [3.8, 4) is 0 Å². The molecule has 0 atom stereocenters. The molecule has 1 aromatic heterocycles. The molecule has 1 heterocycles. The number of aromatic amines is 1. The van der Waals surface area contributed by atoms with Gasteiger partial charge in [-0.05, 0) is 0 Å². The molecule has 0 aliphatic heterocycles. The molecule has 0 radical (unpaired) electrons. The van der Waals surface area contributed by atoms with Gasteiger partial charge in [-0.1, -0.05) is 11.6 Å². The van der Waals surface area contributed by atoms with Gasteiger partial charge >= 0.3 is 5.97 Å². The molecule has 0 aliphatic carbocycles. The minimum Gasteiger partial charge on any atom is -0.469 e. The van der Waals surface area contributed by atoms with Crippen molar-refractivity contribution in [3.05, 3.63) is 32.7 Å². The summed E-state index contributed by atoms with van der Waals surface area (Å²) >= 11 is 5.41. The van der Waals surface area contributed by atoms with Gasteiger partial charge in [0.05, 0.1) is 19.1 Å². The summed E-state index contributed by atoms with van der Waals surface area (Å²) < 4.78 is 29.5. The lowest BCUT2D eigenvalue weighted by Crippen LogP contribution is -2.18. The smallest absolute Gasteiger partial charge is 0.311 e. The summed E-state index contributed by atoms with van der Waals surface area (Å²) in [5, 5.41) is -0.344. The van der Waals surface area contributed by atoms with E-state index in [9.17, 15) is 18.4 Å². The summed E-state index contributed by atoms with van der Waals surface area (Å²) in [6.07, 6.45) is -2.36. The van der Waals surface area contributed by atoms with E-state index in [0.29, 0.717) is 0 Å². The molecule has 0 bridgehead atoms. The van der Waals surface area contributed by atoms with Crippen LogP contribution in [0.15, 0.2) is 11.0 Å². The molecule has 1 aromatic rings. The number of aromatic nitrogens is 1. The number of esters is 1. The number of H-pyrrole nitrogens is 1. The first-order valence-corrected chi connectivity index (χ1v) is 4.60. The molecule has 0 aliphatic rings. The number of carbonyl (C=O) groups is 1. The van der Waals surface area contributed by atoms with Gasteiger partial charge in [0.1, 0.15) is 5.02 Å². The number of pyridine rings is 1. The van der Waals surface area contributed by atoms with E-state index < -0.39 is 29.8 Å². The van der Waals surface area contributed by atoms with Crippen molar-refractivity contribution in [2.24, 2.45) is 0 Å². The first-order chi connectivity index (χ1) is 7.47. The van der Waals surface area contributed by atoms with Crippen LogP contribution in [0.3, 0.4) is 0 Å². The SMILES string of the molecule is COC(=O)Cc1[nH]cc(Cl)c(=O)c1C(F)F. The number of ether oxygens (including phenoxy) is 1. The van der Waals surface area contributed by atoms with Crippen LogP contribution in [0.2, 0.25) is 5.02 Å². The summed E-state index contributed by atoms with van der Waals surface area (Å²) in [6.45, 7) is 0. The van der Waals surface area contributed by atoms with Gasteiger partial charge in [0.15, 0.2) is 0 Å². The van der Waals surface area contributed by atoms with Gasteiger partial charge in [-0.3, -0.25) is 9.59 Å². The van der Waals surface area contributed by atoms with Crippen LogP contribution in [0.1, 0.15) is 17.7 Å². The Morgan fingerprint density at radius 1 is 1.62 bits per heavy atom. The van der Waals surface area contributed by atoms with Crippen LogP contribution in [-0.2, 0) is 16.0 Å². The Morgan fingerprint density at radius 2 is 2.25 bits per heavy atom. The Morgan fingerprint density at radius 3 is 2.75 bits per heavy atom. The van der Waals surface area contributed by atoms with Gasteiger partial charge in [0, 0.05) is 11.9 Å². The zero-order valence-corrected chi connectivity index (χ0v) is 8.98. The molecule has 88 valence electrons. The van der Waals surface area contributed by atoms with E-state index in [4.69, 9.17) is 11.6 Å². The second kappa shape index (κ2) is 5.07. The zero-order valence-electron chi connectivity index (χ0n) is 8.22. The van der Waals surface area contributed by atoms with E-state index in [1.54, 1.807) is 0 Å². The molecule has 0 aromatic carbocycles. The largest absolute Gasteiger partial charge is 0.469 e. The van der Waals surface area contributed by atoms with E-state index in [2.05, 4.69) is 9.72 Å². The highest BCUT2D eigenvalue weighted by atomic mass is 35.5. The van der Waals surface area contributed by atoms with Crippen molar-refractivity contribution >= 4 is 17.6 Å². The maximum atomic E-state index is 12.6. The molecule has 1 N–H and O–H groups in total. The zero-order chi connectivity index (χ0) is 12.3. The van der Waals surface area contributed by atoms with Gasteiger partial charge < -0.3 is 9.72 Å². The van der Waals surface area contributed by atoms with Crippen LogP contribution >= 0.6 is 11.6 Å². The molecular formula is C9H8ClF2NO3. The molecular weight excluding hydrogens is 244 g/mol. The summed E-state index contributed by atoms with van der Waals surface area (Å²) in [7, 11) is 1.12. The van der Waals surface area contributed by atoms with Gasteiger partial charge in [0.25, 0.3) is 6.43 Å². The maximum Gasteiger partial charge on any atom is 0.311 e.